The molecule has 0 radical (unpaired) electrons. The van der Waals surface area contributed by atoms with Crippen molar-refractivity contribution in [2.24, 2.45) is 0 Å². The van der Waals surface area contributed by atoms with Gasteiger partial charge in [-0.05, 0) is 24.8 Å². The Bertz CT molecular complexity index is 413. The van der Waals surface area contributed by atoms with Gasteiger partial charge in [0.05, 0.1) is 0 Å². The molecular formula is C16H27N3OS. The maximum absolute atomic E-state index is 12.8. The van der Waals surface area contributed by atoms with Crippen molar-refractivity contribution in [2.75, 3.05) is 44.7 Å². The van der Waals surface area contributed by atoms with E-state index in [1.165, 1.54) is 5.75 Å². The van der Waals surface area contributed by atoms with Gasteiger partial charge in [-0.1, -0.05) is 13.3 Å². The lowest BCUT2D eigenvalue weighted by Gasteiger charge is -2.36. The highest BCUT2D eigenvalue weighted by atomic mass is 32.2. The van der Waals surface area contributed by atoms with E-state index >= 15 is 0 Å². The highest BCUT2D eigenvalue weighted by molar-refractivity contribution is 7.98. The number of rotatable bonds is 7. The van der Waals surface area contributed by atoms with Gasteiger partial charge in [0.25, 0.3) is 0 Å². The van der Waals surface area contributed by atoms with Crippen molar-refractivity contribution in [1.82, 2.24) is 14.4 Å². The van der Waals surface area contributed by atoms with Crippen LogP contribution in [-0.2, 0) is 4.79 Å². The van der Waals surface area contributed by atoms with Crippen molar-refractivity contribution in [3.8, 4) is 0 Å². The Balaban J connectivity index is 1.90. The Hall–Kier alpha value is -0.940. The van der Waals surface area contributed by atoms with Crippen LogP contribution >= 0.6 is 11.8 Å². The highest BCUT2D eigenvalue weighted by Crippen LogP contribution is 2.18. The Morgan fingerprint density at radius 1 is 1.19 bits per heavy atom. The van der Waals surface area contributed by atoms with E-state index in [4.69, 9.17) is 0 Å². The second-order valence-electron chi connectivity index (χ2n) is 5.59. The van der Waals surface area contributed by atoms with Crippen LogP contribution in [0.1, 0.15) is 25.8 Å². The van der Waals surface area contributed by atoms with E-state index < -0.39 is 0 Å². The largest absolute Gasteiger partial charge is 0.342 e. The van der Waals surface area contributed by atoms with E-state index in [9.17, 15) is 4.79 Å². The molecule has 1 saturated heterocycles. The number of amides is 1. The van der Waals surface area contributed by atoms with E-state index in [2.05, 4.69) is 27.5 Å². The van der Waals surface area contributed by atoms with Crippen LogP contribution in [0.5, 0.6) is 0 Å². The van der Waals surface area contributed by atoms with Gasteiger partial charge >= 0.3 is 0 Å². The second-order valence-corrected chi connectivity index (χ2v) is 6.58. The van der Waals surface area contributed by atoms with Crippen LogP contribution in [0.15, 0.2) is 24.5 Å². The molecule has 4 nitrogen and oxygen atoms in total. The van der Waals surface area contributed by atoms with Gasteiger partial charge in [0.1, 0.15) is 6.04 Å². The minimum Gasteiger partial charge on any atom is -0.342 e. The average Bonchev–Trinajstić information content (AvgIpc) is 3.04. The zero-order valence-electron chi connectivity index (χ0n) is 13.2. The van der Waals surface area contributed by atoms with Crippen molar-refractivity contribution in [3.05, 3.63) is 24.5 Å². The molecule has 1 aromatic rings. The summed E-state index contributed by atoms with van der Waals surface area (Å²) in [5.41, 5.74) is 0. The third-order valence-corrected chi connectivity index (χ3v) is 4.72. The lowest BCUT2D eigenvalue weighted by atomic mass is 10.1. The molecule has 0 N–H and O–H groups in total. The molecule has 2 heterocycles. The van der Waals surface area contributed by atoms with Crippen LogP contribution in [0.3, 0.4) is 0 Å². The number of hydrogen-bond acceptors (Lipinski definition) is 3. The molecule has 1 fully saturated rings. The first kappa shape index (κ1) is 16.4. The smallest absolute Gasteiger partial charge is 0.245 e. The molecule has 0 aromatic carbocycles. The van der Waals surface area contributed by atoms with Crippen LogP contribution in [-0.4, -0.2) is 65.0 Å². The van der Waals surface area contributed by atoms with Crippen LogP contribution in [0.4, 0.5) is 0 Å². The number of nitrogens with zero attached hydrogens (tertiary/aromatic N) is 3. The summed E-state index contributed by atoms with van der Waals surface area (Å²) in [4.78, 5) is 17.3. The number of carbonyl (C=O) groups is 1. The summed E-state index contributed by atoms with van der Waals surface area (Å²) in [6, 6.07) is 3.97. The molecule has 1 aliphatic heterocycles. The first-order valence-corrected chi connectivity index (χ1v) is 9.28. The van der Waals surface area contributed by atoms with Gasteiger partial charge in [-0.15, -0.1) is 0 Å². The molecule has 1 atom stereocenters. The topological polar surface area (TPSA) is 28.5 Å². The number of piperazine rings is 1. The van der Waals surface area contributed by atoms with Gasteiger partial charge in [-0.3, -0.25) is 9.69 Å². The van der Waals surface area contributed by atoms with Crippen LogP contribution in [0.2, 0.25) is 0 Å². The minimum absolute atomic E-state index is 0.0252. The molecule has 0 aliphatic carbocycles. The van der Waals surface area contributed by atoms with Gasteiger partial charge < -0.3 is 9.47 Å². The van der Waals surface area contributed by atoms with E-state index in [1.807, 2.05) is 36.3 Å². The molecule has 0 saturated carbocycles. The quantitative estimate of drug-likeness (QED) is 0.774. The fourth-order valence-electron chi connectivity index (χ4n) is 2.85. The Morgan fingerprint density at radius 3 is 2.43 bits per heavy atom. The number of hydrogen-bond donors (Lipinski definition) is 0. The van der Waals surface area contributed by atoms with Crippen molar-refractivity contribution < 1.29 is 4.79 Å². The summed E-state index contributed by atoms with van der Waals surface area (Å²) in [5.74, 6) is 1.47. The minimum atomic E-state index is -0.0252. The summed E-state index contributed by atoms with van der Waals surface area (Å²) < 4.78 is 2.06. The summed E-state index contributed by atoms with van der Waals surface area (Å²) in [6.07, 6.45) is 8.11. The van der Waals surface area contributed by atoms with Gasteiger partial charge in [0.15, 0.2) is 0 Å². The van der Waals surface area contributed by atoms with E-state index in [0.717, 1.165) is 45.6 Å². The molecular weight excluding hydrogens is 282 g/mol. The van der Waals surface area contributed by atoms with Gasteiger partial charge in [-0.25, -0.2) is 0 Å². The Kier molecular flexibility index (Phi) is 6.64. The van der Waals surface area contributed by atoms with Crippen LogP contribution in [0.25, 0.3) is 0 Å². The lowest BCUT2D eigenvalue weighted by molar-refractivity contribution is -0.136. The third kappa shape index (κ3) is 4.51. The van der Waals surface area contributed by atoms with E-state index in [0.29, 0.717) is 0 Å². The molecule has 1 aromatic heterocycles. The SMILES string of the molecule is CCCC(C(=O)N1CCN(CCSC)CC1)n1cccc1. The zero-order valence-corrected chi connectivity index (χ0v) is 14.0. The van der Waals surface area contributed by atoms with Crippen molar-refractivity contribution >= 4 is 17.7 Å². The first-order chi connectivity index (χ1) is 10.3. The van der Waals surface area contributed by atoms with E-state index in [1.54, 1.807) is 0 Å². The summed E-state index contributed by atoms with van der Waals surface area (Å²) in [7, 11) is 0. The first-order valence-electron chi connectivity index (χ1n) is 7.88. The van der Waals surface area contributed by atoms with Gasteiger partial charge in [0, 0.05) is 50.9 Å². The van der Waals surface area contributed by atoms with E-state index in [-0.39, 0.29) is 11.9 Å². The average molecular weight is 309 g/mol. The lowest BCUT2D eigenvalue weighted by Crippen LogP contribution is -2.50. The maximum atomic E-state index is 12.8. The van der Waals surface area contributed by atoms with Gasteiger partial charge in [-0.2, -0.15) is 11.8 Å². The normalized spacial score (nSPS) is 17.9. The van der Waals surface area contributed by atoms with Crippen molar-refractivity contribution in [1.29, 1.82) is 0 Å². The van der Waals surface area contributed by atoms with Crippen molar-refractivity contribution in [3.63, 3.8) is 0 Å². The molecule has 2 rings (SSSR count). The molecule has 0 bridgehead atoms. The monoisotopic (exact) mass is 309 g/mol. The third-order valence-electron chi connectivity index (χ3n) is 4.13. The zero-order chi connectivity index (χ0) is 15.1. The molecule has 118 valence electrons. The predicted octanol–water partition coefficient (Wildman–Crippen LogP) is 2.34. The maximum Gasteiger partial charge on any atom is 0.245 e. The number of aromatic nitrogens is 1. The highest BCUT2D eigenvalue weighted by Gasteiger charge is 2.27. The molecule has 21 heavy (non-hydrogen) atoms. The number of carbonyl (C=O) groups excluding carboxylic acids is 1. The molecule has 5 heteroatoms. The van der Waals surface area contributed by atoms with Crippen molar-refractivity contribution in [2.45, 2.75) is 25.8 Å². The molecule has 1 unspecified atom stereocenters. The Morgan fingerprint density at radius 2 is 1.86 bits per heavy atom. The summed E-state index contributed by atoms with van der Waals surface area (Å²) in [6.45, 7) is 7.04. The van der Waals surface area contributed by atoms with Crippen LogP contribution < -0.4 is 0 Å². The Labute approximate surface area is 132 Å². The molecule has 1 amide bonds. The second kappa shape index (κ2) is 8.49. The van der Waals surface area contributed by atoms with Crippen LogP contribution in [0, 0.1) is 0 Å². The van der Waals surface area contributed by atoms with Gasteiger partial charge in [0.2, 0.25) is 5.91 Å². The standard InChI is InChI=1S/C16H27N3OS/c1-3-6-15(18-7-4-5-8-18)16(20)19-11-9-17(10-12-19)13-14-21-2/h4-5,7-8,15H,3,6,9-14H2,1-2H3. The fraction of sp³-hybridized carbons (Fsp3) is 0.688. The predicted molar refractivity (Wildman–Crippen MR) is 89.8 cm³/mol. The number of thioether (sulfide) groups is 1. The summed E-state index contributed by atoms with van der Waals surface area (Å²) >= 11 is 1.89. The molecule has 1 aliphatic rings. The summed E-state index contributed by atoms with van der Waals surface area (Å²) in [5, 5.41) is 0. The molecule has 0 spiro atoms. The fourth-order valence-corrected chi connectivity index (χ4v) is 3.29.